The second kappa shape index (κ2) is 1.97. The Morgan fingerprint density at radius 3 is 3.30 bits per heavy atom. The standard InChI is InChI=1S/C8H9NO/c1-6-9-7-4-2-3-5-8(7)10-6/h3,5H,2,4H2,1H3. The third-order valence-corrected chi connectivity index (χ3v) is 1.65. The number of aryl methyl sites for hydroxylation is 2. The number of aromatic nitrogens is 1. The van der Waals surface area contributed by atoms with Crippen molar-refractivity contribution in [2.24, 2.45) is 0 Å². The van der Waals surface area contributed by atoms with E-state index in [1.807, 2.05) is 13.0 Å². The summed E-state index contributed by atoms with van der Waals surface area (Å²) in [4.78, 5) is 4.23. The van der Waals surface area contributed by atoms with Crippen LogP contribution in [0.4, 0.5) is 0 Å². The van der Waals surface area contributed by atoms with E-state index in [0.29, 0.717) is 0 Å². The summed E-state index contributed by atoms with van der Waals surface area (Å²) in [5, 5.41) is 0. The van der Waals surface area contributed by atoms with Crippen molar-refractivity contribution >= 4 is 6.08 Å². The molecule has 2 nitrogen and oxygen atoms in total. The molecule has 0 atom stereocenters. The molecule has 0 amide bonds. The first-order chi connectivity index (χ1) is 4.86. The molecule has 0 N–H and O–H groups in total. The monoisotopic (exact) mass is 135 g/mol. The van der Waals surface area contributed by atoms with Gasteiger partial charge in [-0.3, -0.25) is 0 Å². The topological polar surface area (TPSA) is 26.0 Å². The molecule has 1 aliphatic carbocycles. The molecule has 0 fully saturated rings. The highest BCUT2D eigenvalue weighted by molar-refractivity contribution is 5.48. The molecule has 10 heavy (non-hydrogen) atoms. The van der Waals surface area contributed by atoms with Crippen LogP contribution in [0, 0.1) is 6.92 Å². The van der Waals surface area contributed by atoms with Crippen molar-refractivity contribution in [1.29, 1.82) is 0 Å². The quantitative estimate of drug-likeness (QED) is 0.543. The van der Waals surface area contributed by atoms with Crippen molar-refractivity contribution in [3.8, 4) is 0 Å². The minimum absolute atomic E-state index is 0.775. The van der Waals surface area contributed by atoms with Gasteiger partial charge in [0.2, 0.25) is 0 Å². The van der Waals surface area contributed by atoms with Gasteiger partial charge in [-0.15, -0.1) is 0 Å². The van der Waals surface area contributed by atoms with Gasteiger partial charge in [-0.1, -0.05) is 6.08 Å². The van der Waals surface area contributed by atoms with E-state index < -0.39 is 0 Å². The fourth-order valence-electron chi connectivity index (χ4n) is 1.21. The Kier molecular flexibility index (Phi) is 1.13. The van der Waals surface area contributed by atoms with E-state index in [1.165, 1.54) is 0 Å². The number of allylic oxidation sites excluding steroid dienone is 1. The number of hydrogen-bond acceptors (Lipinski definition) is 2. The maximum atomic E-state index is 5.31. The summed E-state index contributed by atoms with van der Waals surface area (Å²) < 4.78 is 5.31. The zero-order valence-corrected chi connectivity index (χ0v) is 5.92. The van der Waals surface area contributed by atoms with E-state index in [0.717, 1.165) is 30.2 Å². The summed E-state index contributed by atoms with van der Waals surface area (Å²) >= 11 is 0. The Morgan fingerprint density at radius 2 is 2.50 bits per heavy atom. The number of oxazole rings is 1. The largest absolute Gasteiger partial charge is 0.441 e. The number of fused-ring (bicyclic) bond motifs is 1. The molecule has 0 radical (unpaired) electrons. The third-order valence-electron chi connectivity index (χ3n) is 1.65. The molecule has 0 bridgehead atoms. The predicted molar refractivity (Wildman–Crippen MR) is 38.6 cm³/mol. The first-order valence-corrected chi connectivity index (χ1v) is 3.49. The van der Waals surface area contributed by atoms with Gasteiger partial charge in [0.1, 0.15) is 5.76 Å². The van der Waals surface area contributed by atoms with Crippen LogP contribution in [0.2, 0.25) is 0 Å². The summed E-state index contributed by atoms with van der Waals surface area (Å²) in [5.41, 5.74) is 1.11. The summed E-state index contributed by atoms with van der Waals surface area (Å²) in [7, 11) is 0. The van der Waals surface area contributed by atoms with E-state index in [-0.39, 0.29) is 0 Å². The fraction of sp³-hybridized carbons (Fsp3) is 0.375. The maximum absolute atomic E-state index is 5.31. The molecular weight excluding hydrogens is 126 g/mol. The Morgan fingerprint density at radius 1 is 1.60 bits per heavy atom. The molecule has 2 rings (SSSR count). The molecule has 0 aliphatic heterocycles. The van der Waals surface area contributed by atoms with E-state index in [1.54, 1.807) is 0 Å². The lowest BCUT2D eigenvalue weighted by molar-refractivity contribution is 0.511. The molecule has 1 aliphatic rings. The Labute approximate surface area is 59.6 Å². The van der Waals surface area contributed by atoms with Gasteiger partial charge < -0.3 is 4.42 Å². The molecule has 1 heterocycles. The molecule has 0 unspecified atom stereocenters. The molecule has 1 aromatic heterocycles. The Bertz CT molecular complexity index is 273. The maximum Gasteiger partial charge on any atom is 0.192 e. The fourth-order valence-corrected chi connectivity index (χ4v) is 1.21. The second-order valence-electron chi connectivity index (χ2n) is 2.48. The van der Waals surface area contributed by atoms with Crippen LogP contribution in [-0.4, -0.2) is 4.98 Å². The van der Waals surface area contributed by atoms with E-state index in [9.17, 15) is 0 Å². The van der Waals surface area contributed by atoms with Gasteiger partial charge in [-0.05, 0) is 18.9 Å². The average Bonchev–Trinajstić information content (AvgIpc) is 2.27. The van der Waals surface area contributed by atoms with E-state index in [4.69, 9.17) is 4.42 Å². The van der Waals surface area contributed by atoms with Crippen LogP contribution in [0.15, 0.2) is 10.5 Å². The van der Waals surface area contributed by atoms with Crippen molar-refractivity contribution < 1.29 is 4.42 Å². The van der Waals surface area contributed by atoms with Crippen molar-refractivity contribution in [1.82, 2.24) is 4.98 Å². The Hall–Kier alpha value is -1.05. The first kappa shape index (κ1) is 5.71. The van der Waals surface area contributed by atoms with Crippen LogP contribution in [0.1, 0.15) is 23.8 Å². The van der Waals surface area contributed by atoms with Gasteiger partial charge in [-0.2, -0.15) is 0 Å². The number of hydrogen-bond donors (Lipinski definition) is 0. The molecule has 0 aromatic carbocycles. The lowest BCUT2D eigenvalue weighted by Gasteiger charge is -1.98. The van der Waals surface area contributed by atoms with Crippen molar-refractivity contribution in [3.05, 3.63) is 23.4 Å². The zero-order valence-electron chi connectivity index (χ0n) is 5.92. The van der Waals surface area contributed by atoms with Gasteiger partial charge in [0, 0.05) is 6.92 Å². The van der Waals surface area contributed by atoms with Crippen LogP contribution >= 0.6 is 0 Å². The summed E-state index contributed by atoms with van der Waals surface area (Å²) in [5.74, 6) is 1.72. The van der Waals surface area contributed by atoms with Gasteiger partial charge in [0.05, 0.1) is 5.69 Å². The highest BCUT2D eigenvalue weighted by Crippen LogP contribution is 2.18. The lowest BCUT2D eigenvalue weighted by atomic mass is 10.1. The van der Waals surface area contributed by atoms with Crippen LogP contribution in [-0.2, 0) is 6.42 Å². The SMILES string of the molecule is Cc1nc2c(o1)C=CCC2. The first-order valence-electron chi connectivity index (χ1n) is 3.49. The van der Waals surface area contributed by atoms with Crippen LogP contribution < -0.4 is 0 Å². The highest BCUT2D eigenvalue weighted by Gasteiger charge is 2.09. The molecule has 1 aromatic rings. The molecule has 0 saturated carbocycles. The Balaban J connectivity index is 2.53. The van der Waals surface area contributed by atoms with Gasteiger partial charge >= 0.3 is 0 Å². The van der Waals surface area contributed by atoms with Crippen molar-refractivity contribution in [2.45, 2.75) is 19.8 Å². The molecule has 52 valence electrons. The van der Waals surface area contributed by atoms with Crippen molar-refractivity contribution in [2.75, 3.05) is 0 Å². The molecule has 0 saturated heterocycles. The van der Waals surface area contributed by atoms with Crippen LogP contribution in [0.25, 0.3) is 6.08 Å². The smallest absolute Gasteiger partial charge is 0.192 e. The van der Waals surface area contributed by atoms with E-state index >= 15 is 0 Å². The summed E-state index contributed by atoms with van der Waals surface area (Å²) in [6.45, 7) is 1.88. The summed E-state index contributed by atoms with van der Waals surface area (Å²) in [6, 6.07) is 0. The highest BCUT2D eigenvalue weighted by atomic mass is 16.4. The van der Waals surface area contributed by atoms with Gasteiger partial charge in [0.25, 0.3) is 0 Å². The predicted octanol–water partition coefficient (Wildman–Crippen LogP) is 1.94. The lowest BCUT2D eigenvalue weighted by Crippen LogP contribution is -1.90. The van der Waals surface area contributed by atoms with Gasteiger partial charge in [0.15, 0.2) is 5.89 Å². The van der Waals surface area contributed by atoms with Gasteiger partial charge in [-0.25, -0.2) is 4.98 Å². The summed E-state index contributed by atoms with van der Waals surface area (Å²) in [6.07, 6.45) is 6.24. The van der Waals surface area contributed by atoms with Crippen LogP contribution in [0.3, 0.4) is 0 Å². The zero-order chi connectivity index (χ0) is 6.97. The normalized spacial score (nSPS) is 15.3. The van der Waals surface area contributed by atoms with Crippen molar-refractivity contribution in [3.63, 3.8) is 0 Å². The molecule has 2 heteroatoms. The molecular formula is C8H9NO. The van der Waals surface area contributed by atoms with Crippen LogP contribution in [0.5, 0.6) is 0 Å². The number of nitrogens with zero attached hydrogens (tertiary/aromatic N) is 1. The second-order valence-corrected chi connectivity index (χ2v) is 2.48. The number of rotatable bonds is 0. The average molecular weight is 135 g/mol. The minimum Gasteiger partial charge on any atom is -0.441 e. The van der Waals surface area contributed by atoms with E-state index in [2.05, 4.69) is 11.1 Å². The minimum atomic E-state index is 0.775. The molecule has 0 spiro atoms. The third kappa shape index (κ3) is 0.764.